The van der Waals surface area contributed by atoms with Crippen molar-refractivity contribution >= 4 is 24.8 Å². The van der Waals surface area contributed by atoms with E-state index in [1.165, 1.54) is 0 Å². The summed E-state index contributed by atoms with van der Waals surface area (Å²) in [5.74, 6) is 0. The van der Waals surface area contributed by atoms with Gasteiger partial charge in [0.15, 0.2) is 0 Å². The first-order chi connectivity index (χ1) is 4.18. The normalized spacial score (nSPS) is 9.82. The third kappa shape index (κ3) is 6.88. The summed E-state index contributed by atoms with van der Waals surface area (Å²) in [7, 11) is 0. The summed E-state index contributed by atoms with van der Waals surface area (Å²) >= 11 is 0. The second-order valence-electron chi connectivity index (χ2n) is 2.61. The van der Waals surface area contributed by atoms with Gasteiger partial charge in [-0.1, -0.05) is 13.8 Å². The monoisotopic (exact) mass is 202 g/mol. The summed E-state index contributed by atoms with van der Waals surface area (Å²) in [6, 6.07) is 0. The Balaban J connectivity index is -0.000000320. The molecule has 0 bridgehead atoms. The topological polar surface area (TPSA) is 52.0 Å². The Morgan fingerprint density at radius 2 is 1.45 bits per heavy atom. The molecular weight excluding hydrogens is 183 g/mol. The summed E-state index contributed by atoms with van der Waals surface area (Å²) in [5, 5.41) is 0. The van der Waals surface area contributed by atoms with Crippen molar-refractivity contribution < 1.29 is 0 Å². The maximum atomic E-state index is 5.93. The molecule has 0 aliphatic heterocycles. The molecule has 0 heterocycles. The zero-order valence-corrected chi connectivity index (χ0v) is 8.93. The molecule has 0 fully saturated rings. The molecule has 11 heavy (non-hydrogen) atoms. The number of hydrogen-bond acceptors (Lipinski definition) is 2. The van der Waals surface area contributed by atoms with E-state index in [1.807, 2.05) is 0 Å². The van der Waals surface area contributed by atoms with E-state index < -0.39 is 0 Å². The Hall–Kier alpha value is 0.500. The highest BCUT2D eigenvalue weighted by Gasteiger charge is 2.17. The van der Waals surface area contributed by atoms with Crippen LogP contribution in [0.4, 0.5) is 0 Å². The zero-order chi connectivity index (χ0) is 7.33. The smallest absolute Gasteiger partial charge is 0.0161 e. The van der Waals surface area contributed by atoms with Crippen molar-refractivity contribution in [2.24, 2.45) is 11.5 Å². The van der Waals surface area contributed by atoms with E-state index >= 15 is 0 Å². The van der Waals surface area contributed by atoms with Gasteiger partial charge in [0.25, 0.3) is 0 Å². The third-order valence-electron chi connectivity index (χ3n) is 2.05. The van der Waals surface area contributed by atoms with Crippen LogP contribution in [0.25, 0.3) is 0 Å². The van der Waals surface area contributed by atoms with Gasteiger partial charge >= 0.3 is 0 Å². The SMILES string of the molecule is CCC(N)(CC)CCN.Cl.Cl. The number of rotatable bonds is 4. The lowest BCUT2D eigenvalue weighted by atomic mass is 9.91. The fraction of sp³-hybridized carbons (Fsp3) is 1.00. The molecule has 0 aliphatic rings. The number of hydrogen-bond donors (Lipinski definition) is 2. The maximum Gasteiger partial charge on any atom is 0.0161 e. The lowest BCUT2D eigenvalue weighted by Crippen LogP contribution is -2.40. The molecule has 0 spiro atoms. The van der Waals surface area contributed by atoms with Crippen molar-refractivity contribution in [2.45, 2.75) is 38.6 Å². The highest BCUT2D eigenvalue weighted by atomic mass is 35.5. The number of nitrogens with two attached hydrogens (primary N) is 2. The molecule has 0 radical (unpaired) electrons. The van der Waals surface area contributed by atoms with Crippen LogP contribution >= 0.6 is 24.8 Å². The zero-order valence-electron chi connectivity index (χ0n) is 7.30. The maximum absolute atomic E-state index is 5.93. The van der Waals surface area contributed by atoms with Crippen molar-refractivity contribution in [3.63, 3.8) is 0 Å². The van der Waals surface area contributed by atoms with Crippen molar-refractivity contribution in [1.82, 2.24) is 0 Å². The minimum absolute atomic E-state index is 0. The predicted octanol–water partition coefficient (Wildman–Crippen LogP) is 1.70. The van der Waals surface area contributed by atoms with Crippen molar-refractivity contribution in [3.8, 4) is 0 Å². The molecule has 0 aromatic heterocycles. The molecule has 0 amide bonds. The average Bonchev–Trinajstić information content (AvgIpc) is 1.89. The van der Waals surface area contributed by atoms with Gasteiger partial charge in [0, 0.05) is 5.54 Å². The van der Waals surface area contributed by atoms with Crippen LogP contribution in [0.1, 0.15) is 33.1 Å². The summed E-state index contributed by atoms with van der Waals surface area (Å²) in [6.07, 6.45) is 3.00. The molecule has 0 aromatic rings. The van der Waals surface area contributed by atoms with E-state index in [-0.39, 0.29) is 30.4 Å². The third-order valence-corrected chi connectivity index (χ3v) is 2.05. The van der Waals surface area contributed by atoms with Gasteiger partial charge in [0.1, 0.15) is 0 Å². The molecule has 0 unspecified atom stereocenters. The Bertz CT molecular complexity index is 74.8. The Kier molecular flexibility index (Phi) is 13.7. The Morgan fingerprint density at radius 1 is 1.09 bits per heavy atom. The van der Waals surface area contributed by atoms with Crippen LogP contribution in [0.3, 0.4) is 0 Å². The highest BCUT2D eigenvalue weighted by molar-refractivity contribution is 5.85. The van der Waals surface area contributed by atoms with Gasteiger partial charge in [-0.25, -0.2) is 0 Å². The van der Waals surface area contributed by atoms with Gasteiger partial charge in [0.05, 0.1) is 0 Å². The molecule has 0 aromatic carbocycles. The summed E-state index contributed by atoms with van der Waals surface area (Å²) in [5.41, 5.74) is 11.3. The Labute approximate surface area is 81.9 Å². The van der Waals surface area contributed by atoms with Gasteiger partial charge < -0.3 is 11.5 Å². The van der Waals surface area contributed by atoms with Crippen LogP contribution < -0.4 is 11.5 Å². The minimum atomic E-state index is 0. The minimum Gasteiger partial charge on any atom is -0.330 e. The fourth-order valence-electron chi connectivity index (χ4n) is 0.891. The van der Waals surface area contributed by atoms with Crippen LogP contribution in [0, 0.1) is 0 Å². The molecule has 4 heteroatoms. The quantitative estimate of drug-likeness (QED) is 0.730. The second-order valence-corrected chi connectivity index (χ2v) is 2.61. The van der Waals surface area contributed by atoms with Crippen molar-refractivity contribution in [3.05, 3.63) is 0 Å². The van der Waals surface area contributed by atoms with E-state index in [0.29, 0.717) is 6.54 Å². The molecule has 0 atom stereocenters. The van der Waals surface area contributed by atoms with E-state index in [4.69, 9.17) is 11.5 Å². The lowest BCUT2D eigenvalue weighted by molar-refractivity contribution is 0.373. The van der Waals surface area contributed by atoms with Crippen molar-refractivity contribution in [2.75, 3.05) is 6.54 Å². The van der Waals surface area contributed by atoms with Gasteiger partial charge in [-0.05, 0) is 25.8 Å². The predicted molar refractivity (Wildman–Crippen MR) is 55.7 cm³/mol. The van der Waals surface area contributed by atoms with Crippen LogP contribution in [0.2, 0.25) is 0 Å². The first kappa shape index (κ1) is 17.5. The molecule has 0 saturated carbocycles. The number of halogens is 2. The van der Waals surface area contributed by atoms with E-state index in [9.17, 15) is 0 Å². The van der Waals surface area contributed by atoms with Gasteiger partial charge in [0.2, 0.25) is 0 Å². The molecule has 2 nitrogen and oxygen atoms in total. The van der Waals surface area contributed by atoms with Gasteiger partial charge in [-0.15, -0.1) is 24.8 Å². The first-order valence-electron chi connectivity index (χ1n) is 3.67. The molecular formula is C7H20Cl2N2. The van der Waals surface area contributed by atoms with Crippen molar-refractivity contribution in [1.29, 1.82) is 0 Å². The van der Waals surface area contributed by atoms with Crippen LogP contribution in [0.15, 0.2) is 0 Å². The molecule has 0 saturated heterocycles. The molecule has 0 aliphatic carbocycles. The lowest BCUT2D eigenvalue weighted by Gasteiger charge is -2.25. The average molecular weight is 203 g/mol. The first-order valence-corrected chi connectivity index (χ1v) is 3.67. The van der Waals surface area contributed by atoms with E-state index in [0.717, 1.165) is 19.3 Å². The molecule has 0 rings (SSSR count). The largest absolute Gasteiger partial charge is 0.330 e. The van der Waals surface area contributed by atoms with Crippen LogP contribution in [-0.4, -0.2) is 12.1 Å². The summed E-state index contributed by atoms with van der Waals surface area (Å²) in [4.78, 5) is 0. The summed E-state index contributed by atoms with van der Waals surface area (Å²) < 4.78 is 0. The highest BCUT2D eigenvalue weighted by Crippen LogP contribution is 2.13. The fourth-order valence-corrected chi connectivity index (χ4v) is 0.891. The van der Waals surface area contributed by atoms with Crippen LogP contribution in [-0.2, 0) is 0 Å². The molecule has 72 valence electrons. The van der Waals surface area contributed by atoms with E-state index in [2.05, 4.69) is 13.8 Å². The van der Waals surface area contributed by atoms with Crippen LogP contribution in [0.5, 0.6) is 0 Å². The van der Waals surface area contributed by atoms with Gasteiger partial charge in [-0.3, -0.25) is 0 Å². The van der Waals surface area contributed by atoms with Gasteiger partial charge in [-0.2, -0.15) is 0 Å². The standard InChI is InChI=1S/C7H18N2.2ClH/c1-3-7(9,4-2)5-6-8;;/h3-6,8-9H2,1-2H3;2*1H. The summed E-state index contributed by atoms with van der Waals surface area (Å²) in [6.45, 7) is 4.93. The molecule has 4 N–H and O–H groups in total. The Morgan fingerprint density at radius 3 is 1.55 bits per heavy atom. The van der Waals surface area contributed by atoms with E-state index in [1.54, 1.807) is 0 Å². The second kappa shape index (κ2) is 8.60.